The van der Waals surface area contributed by atoms with Crippen LogP contribution < -0.4 is 9.64 Å². The average Bonchev–Trinajstić information content (AvgIpc) is 2.73. The van der Waals surface area contributed by atoms with Crippen LogP contribution in [0.15, 0.2) is 24.8 Å². The molecule has 2 aliphatic rings. The van der Waals surface area contributed by atoms with Crippen molar-refractivity contribution in [1.82, 2.24) is 4.90 Å². The minimum absolute atomic E-state index is 0.0544. The monoisotopic (exact) mass is 466 g/mol. The van der Waals surface area contributed by atoms with Crippen LogP contribution in [0, 0.1) is 0 Å². The van der Waals surface area contributed by atoms with E-state index in [1.807, 2.05) is 13.8 Å². The first kappa shape index (κ1) is 25.1. The van der Waals surface area contributed by atoms with Crippen LogP contribution in [-0.2, 0) is 11.0 Å². The van der Waals surface area contributed by atoms with Gasteiger partial charge in [0.25, 0.3) is 11.8 Å². The molecule has 0 saturated heterocycles. The number of carbonyl (C=O) groups is 2. The molecule has 33 heavy (non-hydrogen) atoms. The predicted molar refractivity (Wildman–Crippen MR) is 121 cm³/mol. The molecular weight excluding hydrogens is 433 g/mol. The van der Waals surface area contributed by atoms with E-state index < -0.39 is 28.8 Å². The molecule has 0 radical (unpaired) electrons. The number of benzene rings is 1. The summed E-state index contributed by atoms with van der Waals surface area (Å²) in [6, 6.07) is 1.70. The minimum atomic E-state index is -4.75. The highest BCUT2D eigenvalue weighted by Crippen LogP contribution is 2.44. The van der Waals surface area contributed by atoms with Gasteiger partial charge in [-0.3, -0.25) is 9.59 Å². The van der Waals surface area contributed by atoms with E-state index in [4.69, 9.17) is 4.74 Å². The van der Waals surface area contributed by atoms with Gasteiger partial charge < -0.3 is 14.5 Å². The summed E-state index contributed by atoms with van der Waals surface area (Å²) in [6.07, 6.45) is 1.84. The van der Waals surface area contributed by atoms with Crippen molar-refractivity contribution in [2.75, 3.05) is 11.4 Å². The fourth-order valence-electron chi connectivity index (χ4n) is 4.79. The van der Waals surface area contributed by atoms with Crippen molar-refractivity contribution in [3.8, 4) is 5.75 Å². The molecule has 8 heteroatoms. The van der Waals surface area contributed by atoms with Crippen LogP contribution in [0.4, 0.5) is 18.9 Å². The summed E-state index contributed by atoms with van der Waals surface area (Å²) in [7, 11) is 0. The van der Waals surface area contributed by atoms with Gasteiger partial charge in [-0.2, -0.15) is 13.2 Å². The molecular formula is C25H33F3N2O3. The van der Waals surface area contributed by atoms with Crippen LogP contribution in [0.25, 0.3) is 0 Å². The lowest BCUT2D eigenvalue weighted by molar-refractivity contribution is -0.138. The quantitative estimate of drug-likeness (QED) is 0.486. The van der Waals surface area contributed by atoms with E-state index in [2.05, 4.69) is 6.58 Å². The molecule has 0 N–H and O–H groups in total. The van der Waals surface area contributed by atoms with E-state index in [1.165, 1.54) is 24.8 Å². The fraction of sp³-hybridized carbons (Fsp3) is 0.600. The van der Waals surface area contributed by atoms with Crippen molar-refractivity contribution >= 4 is 17.5 Å². The number of anilines is 1. The van der Waals surface area contributed by atoms with Gasteiger partial charge in [-0.25, -0.2) is 0 Å². The highest BCUT2D eigenvalue weighted by atomic mass is 19.4. The summed E-state index contributed by atoms with van der Waals surface area (Å²) in [6.45, 7) is 10.6. The fourth-order valence-corrected chi connectivity index (χ4v) is 4.79. The van der Waals surface area contributed by atoms with Gasteiger partial charge in [-0.1, -0.05) is 25.3 Å². The van der Waals surface area contributed by atoms with Crippen LogP contribution in [0.1, 0.15) is 82.1 Å². The van der Waals surface area contributed by atoms with Gasteiger partial charge in [0.2, 0.25) is 0 Å². The molecule has 1 heterocycles. The molecule has 1 aromatic carbocycles. The SMILES string of the molecule is C=CCCN1C(=O)C(C)(C)Oc2cc(C(F)(F)F)c(C(=O)N(C(C)C)C3CCCCC3)cc21. The lowest BCUT2D eigenvalue weighted by Gasteiger charge is -2.40. The maximum Gasteiger partial charge on any atom is 0.417 e. The molecule has 0 aromatic heterocycles. The molecule has 0 unspecified atom stereocenters. The van der Waals surface area contributed by atoms with E-state index in [0.717, 1.165) is 38.2 Å². The molecule has 1 aliphatic carbocycles. The van der Waals surface area contributed by atoms with E-state index in [-0.39, 0.29) is 36.0 Å². The summed E-state index contributed by atoms with van der Waals surface area (Å²) in [5.74, 6) is -1.09. The number of amides is 2. The molecule has 2 amide bonds. The molecule has 1 saturated carbocycles. The second-order valence-electron chi connectivity index (χ2n) is 9.61. The number of hydrogen-bond acceptors (Lipinski definition) is 3. The smallest absolute Gasteiger partial charge is 0.417 e. The highest BCUT2D eigenvalue weighted by Gasteiger charge is 2.45. The van der Waals surface area contributed by atoms with E-state index in [9.17, 15) is 22.8 Å². The largest absolute Gasteiger partial charge is 0.476 e. The number of fused-ring (bicyclic) bond motifs is 1. The van der Waals surface area contributed by atoms with Crippen LogP contribution >= 0.6 is 0 Å². The second-order valence-corrected chi connectivity index (χ2v) is 9.61. The summed E-state index contributed by atoms with van der Waals surface area (Å²) >= 11 is 0. The van der Waals surface area contributed by atoms with Crippen LogP contribution in [-0.4, -0.2) is 40.9 Å². The molecule has 1 fully saturated rings. The van der Waals surface area contributed by atoms with Crippen molar-refractivity contribution < 1.29 is 27.5 Å². The molecule has 1 aromatic rings. The van der Waals surface area contributed by atoms with Gasteiger partial charge in [0.1, 0.15) is 5.75 Å². The Hall–Kier alpha value is -2.51. The number of nitrogens with zero attached hydrogens (tertiary/aromatic N) is 2. The molecule has 182 valence electrons. The molecule has 0 spiro atoms. The number of ether oxygens (including phenoxy) is 1. The Morgan fingerprint density at radius 3 is 2.45 bits per heavy atom. The first-order chi connectivity index (χ1) is 15.4. The van der Waals surface area contributed by atoms with Crippen LogP contribution in [0.2, 0.25) is 0 Å². The Morgan fingerprint density at radius 1 is 1.27 bits per heavy atom. The third-order valence-corrected chi connectivity index (χ3v) is 6.37. The average molecular weight is 467 g/mol. The topological polar surface area (TPSA) is 49.9 Å². The molecule has 5 nitrogen and oxygen atoms in total. The molecule has 0 atom stereocenters. The zero-order valence-corrected chi connectivity index (χ0v) is 19.8. The summed E-state index contributed by atoms with van der Waals surface area (Å²) in [5.41, 5.74) is -2.62. The Kier molecular flexibility index (Phi) is 7.15. The van der Waals surface area contributed by atoms with Crippen LogP contribution in [0.5, 0.6) is 5.75 Å². The normalized spacial score (nSPS) is 18.7. The third kappa shape index (κ3) is 5.04. The Bertz CT molecular complexity index is 918. The van der Waals surface area contributed by atoms with Gasteiger partial charge in [0.05, 0.1) is 16.8 Å². The van der Waals surface area contributed by atoms with Gasteiger partial charge in [0, 0.05) is 18.6 Å². The van der Waals surface area contributed by atoms with Gasteiger partial charge >= 0.3 is 6.18 Å². The lowest BCUT2D eigenvalue weighted by Crippen LogP contribution is -2.53. The Labute approximate surface area is 193 Å². The first-order valence-electron chi connectivity index (χ1n) is 11.6. The second kappa shape index (κ2) is 9.39. The maximum absolute atomic E-state index is 14.1. The van der Waals surface area contributed by atoms with Crippen LogP contribution in [0.3, 0.4) is 0 Å². The number of halogens is 3. The number of alkyl halides is 3. The molecule has 0 bridgehead atoms. The van der Waals surface area contributed by atoms with Crippen molar-refractivity contribution in [3.05, 3.63) is 35.9 Å². The number of hydrogen-bond donors (Lipinski definition) is 0. The summed E-state index contributed by atoms with van der Waals surface area (Å²) < 4.78 is 48.1. The van der Waals surface area contributed by atoms with Gasteiger partial charge in [0.15, 0.2) is 5.60 Å². The van der Waals surface area contributed by atoms with Gasteiger partial charge in [-0.15, -0.1) is 6.58 Å². The standard InChI is InChI=1S/C25H33F3N2O3/c1-6-7-13-29-20-14-18(22(31)30(16(2)3)17-11-9-8-10-12-17)19(25(26,27)28)15-21(20)33-24(4,5)23(29)32/h6,14-17H,1,7-13H2,2-5H3. The van der Waals surface area contributed by atoms with E-state index in [1.54, 1.807) is 11.0 Å². The zero-order valence-electron chi connectivity index (χ0n) is 19.8. The molecule has 3 rings (SSSR count). The maximum atomic E-state index is 14.1. The van der Waals surface area contributed by atoms with E-state index >= 15 is 0 Å². The minimum Gasteiger partial charge on any atom is -0.476 e. The van der Waals surface area contributed by atoms with Crippen molar-refractivity contribution in [2.24, 2.45) is 0 Å². The van der Waals surface area contributed by atoms with Crippen molar-refractivity contribution in [2.45, 2.75) is 90.1 Å². The third-order valence-electron chi connectivity index (χ3n) is 6.37. The van der Waals surface area contributed by atoms with Crippen molar-refractivity contribution in [1.29, 1.82) is 0 Å². The van der Waals surface area contributed by atoms with Crippen molar-refractivity contribution in [3.63, 3.8) is 0 Å². The summed E-state index contributed by atoms with van der Waals surface area (Å²) in [4.78, 5) is 29.6. The summed E-state index contributed by atoms with van der Waals surface area (Å²) in [5, 5.41) is 0. The zero-order chi connectivity index (χ0) is 24.6. The highest BCUT2D eigenvalue weighted by molar-refractivity contribution is 6.05. The Balaban J connectivity index is 2.16. The lowest BCUT2D eigenvalue weighted by atomic mass is 9.92. The Morgan fingerprint density at radius 2 is 1.91 bits per heavy atom. The number of rotatable bonds is 6. The van der Waals surface area contributed by atoms with E-state index in [0.29, 0.717) is 6.42 Å². The van der Waals surface area contributed by atoms with Gasteiger partial charge in [-0.05, 0) is 59.1 Å². The predicted octanol–water partition coefficient (Wildman–Crippen LogP) is 5.97. The number of carbonyl (C=O) groups excluding carboxylic acids is 2. The molecule has 1 aliphatic heterocycles. The first-order valence-corrected chi connectivity index (χ1v) is 11.6.